The highest BCUT2D eigenvalue weighted by atomic mass is 19.1. The first-order valence-electron chi connectivity index (χ1n) is 4.32. The zero-order valence-electron chi connectivity index (χ0n) is 7.50. The number of aromatic nitrogens is 2. The Balaban J connectivity index is 1.95. The average Bonchev–Trinajstić information content (AvgIpc) is 2.70. The maximum absolute atomic E-state index is 12.5. The number of nitrogens with zero attached hydrogens (tertiary/aromatic N) is 1. The Bertz CT molecular complexity index is 380. The molecule has 0 saturated heterocycles. The van der Waals surface area contributed by atoms with E-state index in [9.17, 15) is 4.39 Å². The van der Waals surface area contributed by atoms with Crippen LogP contribution in [0.15, 0.2) is 36.8 Å². The predicted molar refractivity (Wildman–Crippen MR) is 52.3 cm³/mol. The van der Waals surface area contributed by atoms with E-state index in [1.165, 1.54) is 12.3 Å². The summed E-state index contributed by atoms with van der Waals surface area (Å²) in [5.74, 6) is -0.461. The van der Waals surface area contributed by atoms with Gasteiger partial charge in [0.2, 0.25) is 5.95 Å². The van der Waals surface area contributed by atoms with Gasteiger partial charge in [0.1, 0.15) is 0 Å². The number of pyridine rings is 1. The van der Waals surface area contributed by atoms with Crippen molar-refractivity contribution in [1.82, 2.24) is 9.97 Å². The molecule has 2 aromatic heterocycles. The van der Waals surface area contributed by atoms with Gasteiger partial charge in [-0.2, -0.15) is 4.39 Å². The molecule has 72 valence electrons. The highest BCUT2D eigenvalue weighted by Crippen LogP contribution is 2.07. The van der Waals surface area contributed by atoms with E-state index in [0.29, 0.717) is 6.54 Å². The molecule has 0 radical (unpaired) electrons. The van der Waals surface area contributed by atoms with Crippen LogP contribution in [-0.2, 0) is 6.54 Å². The van der Waals surface area contributed by atoms with Gasteiger partial charge in [0.05, 0.1) is 11.9 Å². The van der Waals surface area contributed by atoms with E-state index < -0.39 is 5.95 Å². The number of rotatable bonds is 3. The lowest BCUT2D eigenvalue weighted by atomic mass is 10.3. The van der Waals surface area contributed by atoms with Crippen LogP contribution >= 0.6 is 0 Å². The van der Waals surface area contributed by atoms with Crippen LogP contribution in [0.3, 0.4) is 0 Å². The van der Waals surface area contributed by atoms with Crippen LogP contribution in [0.1, 0.15) is 5.56 Å². The Kier molecular flexibility index (Phi) is 2.44. The molecule has 0 aliphatic heterocycles. The van der Waals surface area contributed by atoms with Crippen LogP contribution < -0.4 is 5.32 Å². The minimum atomic E-state index is -0.461. The van der Waals surface area contributed by atoms with Crippen LogP contribution in [0.5, 0.6) is 0 Å². The minimum absolute atomic E-state index is 0.461. The first-order chi connectivity index (χ1) is 6.84. The van der Waals surface area contributed by atoms with Gasteiger partial charge in [-0.25, -0.2) is 4.98 Å². The van der Waals surface area contributed by atoms with E-state index in [1.54, 1.807) is 6.07 Å². The number of anilines is 1. The van der Waals surface area contributed by atoms with Crippen molar-refractivity contribution in [2.24, 2.45) is 0 Å². The van der Waals surface area contributed by atoms with E-state index in [1.807, 2.05) is 18.5 Å². The Morgan fingerprint density at radius 1 is 1.36 bits per heavy atom. The van der Waals surface area contributed by atoms with Gasteiger partial charge in [-0.1, -0.05) is 0 Å². The molecule has 3 nitrogen and oxygen atoms in total. The molecule has 0 spiro atoms. The molecule has 0 fully saturated rings. The maximum Gasteiger partial charge on any atom is 0.212 e. The summed E-state index contributed by atoms with van der Waals surface area (Å²) in [5, 5.41) is 3.13. The van der Waals surface area contributed by atoms with Crippen molar-refractivity contribution in [3.63, 3.8) is 0 Å². The van der Waals surface area contributed by atoms with Crippen molar-refractivity contribution in [2.75, 3.05) is 5.32 Å². The maximum atomic E-state index is 12.5. The van der Waals surface area contributed by atoms with Crippen LogP contribution in [0.2, 0.25) is 0 Å². The first-order valence-corrected chi connectivity index (χ1v) is 4.32. The number of aromatic amines is 1. The van der Waals surface area contributed by atoms with E-state index in [4.69, 9.17) is 0 Å². The Morgan fingerprint density at radius 3 is 2.93 bits per heavy atom. The van der Waals surface area contributed by atoms with E-state index >= 15 is 0 Å². The predicted octanol–water partition coefficient (Wildman–Crippen LogP) is 2.16. The van der Waals surface area contributed by atoms with Crippen LogP contribution in [0.25, 0.3) is 0 Å². The second-order valence-corrected chi connectivity index (χ2v) is 2.94. The van der Waals surface area contributed by atoms with Gasteiger partial charge < -0.3 is 10.3 Å². The highest BCUT2D eigenvalue weighted by Gasteiger charge is 1.95. The molecule has 0 aliphatic carbocycles. The standard InChI is InChI=1S/C10H10FN3/c11-10-2-1-9(7-14-10)13-6-8-3-4-12-5-8/h1-5,7,12-13H,6H2. The Morgan fingerprint density at radius 2 is 2.29 bits per heavy atom. The molecule has 2 aromatic rings. The molecule has 0 aromatic carbocycles. The minimum Gasteiger partial charge on any atom is -0.380 e. The lowest BCUT2D eigenvalue weighted by Crippen LogP contribution is -1.98. The zero-order valence-corrected chi connectivity index (χ0v) is 7.50. The number of hydrogen-bond acceptors (Lipinski definition) is 2. The molecule has 0 atom stereocenters. The lowest BCUT2D eigenvalue weighted by Gasteiger charge is -2.03. The summed E-state index contributed by atoms with van der Waals surface area (Å²) in [4.78, 5) is 6.50. The van der Waals surface area contributed by atoms with Crippen LogP contribution in [0.4, 0.5) is 10.1 Å². The average molecular weight is 191 g/mol. The third-order valence-corrected chi connectivity index (χ3v) is 1.89. The summed E-state index contributed by atoms with van der Waals surface area (Å²) in [6, 6.07) is 4.97. The van der Waals surface area contributed by atoms with Crippen molar-refractivity contribution in [2.45, 2.75) is 6.54 Å². The van der Waals surface area contributed by atoms with Crippen LogP contribution in [0, 0.1) is 5.95 Å². The monoisotopic (exact) mass is 191 g/mol. The molecule has 2 N–H and O–H groups in total. The topological polar surface area (TPSA) is 40.7 Å². The molecule has 14 heavy (non-hydrogen) atoms. The molecule has 2 rings (SSSR count). The highest BCUT2D eigenvalue weighted by molar-refractivity contribution is 5.40. The number of H-pyrrole nitrogens is 1. The van der Waals surface area contributed by atoms with Crippen molar-refractivity contribution in [1.29, 1.82) is 0 Å². The van der Waals surface area contributed by atoms with Gasteiger partial charge in [0.25, 0.3) is 0 Å². The molecule has 4 heteroatoms. The molecular formula is C10H10FN3. The van der Waals surface area contributed by atoms with Crippen molar-refractivity contribution in [3.05, 3.63) is 48.3 Å². The smallest absolute Gasteiger partial charge is 0.212 e. The van der Waals surface area contributed by atoms with Gasteiger partial charge in [-0.3, -0.25) is 0 Å². The molecule has 2 heterocycles. The third kappa shape index (κ3) is 2.10. The Labute approximate surface area is 81.0 Å². The molecule has 0 aliphatic rings. The van der Waals surface area contributed by atoms with Crippen molar-refractivity contribution >= 4 is 5.69 Å². The van der Waals surface area contributed by atoms with E-state index in [0.717, 1.165) is 11.3 Å². The van der Waals surface area contributed by atoms with Gasteiger partial charge >= 0.3 is 0 Å². The summed E-state index contributed by atoms with van der Waals surface area (Å²) in [5.41, 5.74) is 1.96. The van der Waals surface area contributed by atoms with Gasteiger partial charge in [0, 0.05) is 18.9 Å². The van der Waals surface area contributed by atoms with Gasteiger partial charge in [-0.05, 0) is 23.8 Å². The molecule has 0 amide bonds. The normalized spacial score (nSPS) is 10.1. The van der Waals surface area contributed by atoms with Crippen molar-refractivity contribution < 1.29 is 4.39 Å². The lowest BCUT2D eigenvalue weighted by molar-refractivity contribution is 0.584. The first kappa shape index (κ1) is 8.74. The SMILES string of the molecule is Fc1ccc(NCc2cc[nH]c2)cn1. The third-order valence-electron chi connectivity index (χ3n) is 1.89. The zero-order chi connectivity index (χ0) is 9.80. The van der Waals surface area contributed by atoms with Gasteiger partial charge in [-0.15, -0.1) is 0 Å². The van der Waals surface area contributed by atoms with E-state index in [-0.39, 0.29) is 0 Å². The second kappa shape index (κ2) is 3.91. The number of hydrogen-bond donors (Lipinski definition) is 2. The summed E-state index contributed by atoms with van der Waals surface area (Å²) in [7, 11) is 0. The summed E-state index contributed by atoms with van der Waals surface area (Å²) >= 11 is 0. The molecular weight excluding hydrogens is 181 g/mol. The molecule has 0 bridgehead atoms. The summed E-state index contributed by atoms with van der Waals surface area (Å²) < 4.78 is 12.5. The fourth-order valence-corrected chi connectivity index (χ4v) is 1.15. The number of nitrogens with one attached hydrogen (secondary N) is 2. The van der Waals surface area contributed by atoms with Gasteiger partial charge in [0.15, 0.2) is 0 Å². The fraction of sp³-hybridized carbons (Fsp3) is 0.100. The van der Waals surface area contributed by atoms with E-state index in [2.05, 4.69) is 15.3 Å². The molecule has 0 saturated carbocycles. The summed E-state index contributed by atoms with van der Waals surface area (Å²) in [6.07, 6.45) is 5.24. The number of halogens is 1. The fourth-order valence-electron chi connectivity index (χ4n) is 1.15. The largest absolute Gasteiger partial charge is 0.380 e. The second-order valence-electron chi connectivity index (χ2n) is 2.94. The molecule has 0 unspecified atom stereocenters. The Hall–Kier alpha value is -1.84. The van der Waals surface area contributed by atoms with Crippen LogP contribution in [-0.4, -0.2) is 9.97 Å². The van der Waals surface area contributed by atoms with Crippen molar-refractivity contribution in [3.8, 4) is 0 Å². The quantitative estimate of drug-likeness (QED) is 0.730. The summed E-state index contributed by atoms with van der Waals surface area (Å²) in [6.45, 7) is 0.705.